The molecule has 0 N–H and O–H groups in total. The van der Waals surface area contributed by atoms with Crippen LogP contribution in [-0.2, 0) is 10.1 Å². The van der Waals surface area contributed by atoms with Crippen LogP contribution in [0.25, 0.3) is 10.8 Å². The van der Waals surface area contributed by atoms with Gasteiger partial charge in [-0.3, -0.25) is 0 Å². The number of hydrogen-bond donors (Lipinski definition) is 0. The van der Waals surface area contributed by atoms with E-state index in [0.29, 0.717) is 5.56 Å². The average molecular weight is 260 g/mol. The Labute approximate surface area is 137 Å². The van der Waals surface area contributed by atoms with Gasteiger partial charge in [0.05, 0.1) is 4.90 Å². The third kappa shape index (κ3) is 2.73. The Morgan fingerprint density at radius 2 is 1.69 bits per heavy atom. The predicted octanol–water partition coefficient (Wildman–Crippen LogP) is -0.944. The Balaban J connectivity index is 0.00000128. The predicted molar refractivity (Wildman–Crippen MR) is 56.6 cm³/mol. The van der Waals surface area contributed by atoms with Crippen molar-refractivity contribution in [3.63, 3.8) is 0 Å². The van der Waals surface area contributed by atoms with Crippen LogP contribution in [0.2, 0.25) is 0 Å². The van der Waals surface area contributed by atoms with Crippen LogP contribution in [0.15, 0.2) is 41.3 Å². The molecular weight excluding hydrogens is 251 g/mol. The second-order valence-corrected chi connectivity index (χ2v) is 4.71. The molecule has 0 saturated heterocycles. The molecule has 0 aliphatic heterocycles. The van der Waals surface area contributed by atoms with Gasteiger partial charge in [-0.15, -0.1) is 0 Å². The molecule has 0 amide bonds. The summed E-state index contributed by atoms with van der Waals surface area (Å²) in [6.07, 6.45) is 0. The van der Waals surface area contributed by atoms with E-state index in [1.165, 1.54) is 6.07 Å². The summed E-state index contributed by atoms with van der Waals surface area (Å²) in [4.78, 5) is -0.138. The molecule has 0 radical (unpaired) electrons. The molecule has 0 unspecified atom stereocenters. The zero-order chi connectivity index (χ0) is 11.1. The van der Waals surface area contributed by atoms with Crippen molar-refractivity contribution in [2.45, 2.75) is 11.8 Å². The van der Waals surface area contributed by atoms with E-state index < -0.39 is 10.1 Å². The van der Waals surface area contributed by atoms with Gasteiger partial charge in [0.25, 0.3) is 0 Å². The minimum atomic E-state index is -4.37. The van der Waals surface area contributed by atoms with E-state index in [2.05, 4.69) is 0 Å². The van der Waals surface area contributed by atoms with Crippen molar-refractivity contribution in [3.05, 3.63) is 42.0 Å². The van der Waals surface area contributed by atoms with Crippen LogP contribution in [-0.4, -0.2) is 13.0 Å². The summed E-state index contributed by atoms with van der Waals surface area (Å²) in [6, 6.07) is 10.4. The summed E-state index contributed by atoms with van der Waals surface area (Å²) in [5, 5.41) is 1.73. The standard InChI is InChI=1S/C11H10O3S.K/c1-8-10-5-3-2-4-9(10)6-7-11(8)15(12,13)14;/h2-7H,1H3,(H,12,13,14);/q;+1/p-1. The quantitative estimate of drug-likeness (QED) is 0.491. The monoisotopic (exact) mass is 260 g/mol. The van der Waals surface area contributed by atoms with Crippen molar-refractivity contribution in [1.82, 2.24) is 0 Å². The normalized spacial score (nSPS) is 11.1. The Morgan fingerprint density at radius 3 is 2.31 bits per heavy atom. The largest absolute Gasteiger partial charge is 1.00 e. The molecule has 5 heteroatoms. The minimum absolute atomic E-state index is 0. The zero-order valence-electron chi connectivity index (χ0n) is 9.10. The first kappa shape index (κ1) is 14.3. The van der Waals surface area contributed by atoms with Crippen molar-refractivity contribution in [1.29, 1.82) is 0 Å². The summed E-state index contributed by atoms with van der Waals surface area (Å²) in [7, 11) is -4.37. The molecule has 0 aromatic heterocycles. The van der Waals surface area contributed by atoms with Crippen molar-refractivity contribution in [2.24, 2.45) is 0 Å². The molecule has 0 aliphatic carbocycles. The van der Waals surface area contributed by atoms with E-state index in [1.54, 1.807) is 19.1 Å². The topological polar surface area (TPSA) is 57.2 Å². The molecule has 0 bridgehead atoms. The van der Waals surface area contributed by atoms with Gasteiger partial charge >= 0.3 is 51.4 Å². The van der Waals surface area contributed by atoms with Crippen LogP contribution >= 0.6 is 0 Å². The molecule has 0 spiro atoms. The first-order chi connectivity index (χ1) is 7.00. The summed E-state index contributed by atoms with van der Waals surface area (Å²) in [6.45, 7) is 1.65. The molecular formula is C11H9KO3S. The SMILES string of the molecule is Cc1c(S(=O)(=O)[O-])ccc2ccccc12.[K+]. The number of rotatable bonds is 1. The number of fused-ring (bicyclic) bond motifs is 1. The second-order valence-electron chi connectivity index (χ2n) is 3.36. The van der Waals surface area contributed by atoms with Gasteiger partial charge in [0.1, 0.15) is 10.1 Å². The molecule has 0 heterocycles. The summed E-state index contributed by atoms with van der Waals surface area (Å²) in [5.41, 5.74) is 0.517. The van der Waals surface area contributed by atoms with E-state index in [1.807, 2.05) is 18.2 Å². The first-order valence-corrected chi connectivity index (χ1v) is 5.85. The molecule has 3 nitrogen and oxygen atoms in total. The van der Waals surface area contributed by atoms with E-state index in [4.69, 9.17) is 0 Å². The van der Waals surface area contributed by atoms with E-state index >= 15 is 0 Å². The summed E-state index contributed by atoms with van der Waals surface area (Å²) >= 11 is 0. The molecule has 2 rings (SSSR count). The van der Waals surface area contributed by atoms with Crippen LogP contribution in [0, 0.1) is 6.92 Å². The van der Waals surface area contributed by atoms with Gasteiger partial charge in [-0.05, 0) is 29.3 Å². The molecule has 2 aromatic carbocycles. The van der Waals surface area contributed by atoms with Crippen LogP contribution < -0.4 is 51.4 Å². The minimum Gasteiger partial charge on any atom is -0.744 e. The summed E-state index contributed by atoms with van der Waals surface area (Å²) in [5.74, 6) is 0. The molecule has 0 atom stereocenters. The maximum atomic E-state index is 10.9. The Hall–Kier alpha value is 0.246. The number of hydrogen-bond acceptors (Lipinski definition) is 3. The third-order valence-corrected chi connectivity index (χ3v) is 3.40. The van der Waals surface area contributed by atoms with E-state index in [0.717, 1.165) is 10.8 Å². The van der Waals surface area contributed by atoms with Crippen LogP contribution in [0.4, 0.5) is 0 Å². The van der Waals surface area contributed by atoms with Crippen molar-refractivity contribution in [3.8, 4) is 0 Å². The molecule has 2 aromatic rings. The molecule has 0 saturated carbocycles. The van der Waals surface area contributed by atoms with E-state index in [-0.39, 0.29) is 56.3 Å². The van der Waals surface area contributed by atoms with Crippen molar-refractivity contribution >= 4 is 20.9 Å². The van der Waals surface area contributed by atoms with Crippen LogP contribution in [0.1, 0.15) is 5.56 Å². The van der Waals surface area contributed by atoms with Crippen LogP contribution in [0.3, 0.4) is 0 Å². The van der Waals surface area contributed by atoms with Gasteiger partial charge < -0.3 is 4.55 Å². The molecule has 0 fully saturated rings. The fraction of sp³-hybridized carbons (Fsp3) is 0.0909. The Bertz CT molecular complexity index is 620. The maximum absolute atomic E-state index is 10.9. The van der Waals surface area contributed by atoms with Gasteiger partial charge in [0.2, 0.25) is 0 Å². The number of benzene rings is 2. The maximum Gasteiger partial charge on any atom is 1.00 e. The van der Waals surface area contributed by atoms with Crippen LogP contribution in [0.5, 0.6) is 0 Å². The van der Waals surface area contributed by atoms with Gasteiger partial charge in [0, 0.05) is 0 Å². The van der Waals surface area contributed by atoms with Gasteiger partial charge in [-0.1, -0.05) is 30.3 Å². The fourth-order valence-electron chi connectivity index (χ4n) is 1.68. The molecule has 0 aliphatic rings. The summed E-state index contributed by atoms with van der Waals surface area (Å²) < 4.78 is 32.8. The smallest absolute Gasteiger partial charge is 0.744 e. The fourth-order valence-corrected chi connectivity index (χ4v) is 2.40. The molecule has 16 heavy (non-hydrogen) atoms. The second kappa shape index (κ2) is 5.26. The van der Waals surface area contributed by atoms with Crippen molar-refractivity contribution < 1.29 is 64.4 Å². The number of aryl methyl sites for hydroxylation is 1. The molecule has 78 valence electrons. The Morgan fingerprint density at radius 1 is 1.06 bits per heavy atom. The van der Waals surface area contributed by atoms with Crippen molar-refractivity contribution in [2.75, 3.05) is 0 Å². The Kier molecular flexibility index (Phi) is 4.71. The first-order valence-electron chi connectivity index (χ1n) is 4.44. The third-order valence-electron chi connectivity index (χ3n) is 2.42. The zero-order valence-corrected chi connectivity index (χ0v) is 13.0. The average Bonchev–Trinajstić information content (AvgIpc) is 2.16. The van der Waals surface area contributed by atoms with Gasteiger partial charge in [0.15, 0.2) is 0 Å². The van der Waals surface area contributed by atoms with Gasteiger partial charge in [-0.25, -0.2) is 8.42 Å². The van der Waals surface area contributed by atoms with E-state index in [9.17, 15) is 13.0 Å². The van der Waals surface area contributed by atoms with Gasteiger partial charge in [-0.2, -0.15) is 0 Å².